The second-order valence-electron chi connectivity index (χ2n) is 2.94. The summed E-state index contributed by atoms with van der Waals surface area (Å²) in [6.07, 6.45) is 5.02. The van der Waals surface area contributed by atoms with E-state index in [-0.39, 0.29) is 18.5 Å². The predicted molar refractivity (Wildman–Crippen MR) is 55.8 cm³/mol. The Bertz CT molecular complexity index is 199. The van der Waals surface area contributed by atoms with Gasteiger partial charge in [0.1, 0.15) is 0 Å². The molecule has 0 bridgehead atoms. The van der Waals surface area contributed by atoms with Crippen molar-refractivity contribution >= 4 is 5.91 Å². The van der Waals surface area contributed by atoms with Crippen LogP contribution in [0.3, 0.4) is 0 Å². The topological polar surface area (TPSA) is 50.4 Å². The fraction of sp³-hybridized carbons (Fsp3) is 0.700. The number of rotatable bonds is 7. The van der Waals surface area contributed by atoms with Gasteiger partial charge in [-0.05, 0) is 13.8 Å². The molecule has 14 heavy (non-hydrogen) atoms. The normalized spacial score (nSPS) is 11.8. The molecule has 80 valence electrons. The molecule has 0 aromatic rings. The zero-order chi connectivity index (χ0) is 10.8. The third-order valence-electron chi connectivity index (χ3n) is 1.49. The van der Waals surface area contributed by atoms with Gasteiger partial charge in [-0.15, -0.1) is 6.42 Å². The molecule has 0 aromatic heterocycles. The Morgan fingerprint density at radius 1 is 1.64 bits per heavy atom. The zero-order valence-electron chi connectivity index (χ0n) is 8.80. The molecule has 0 aliphatic heterocycles. The van der Waals surface area contributed by atoms with Crippen LogP contribution in [-0.2, 0) is 9.53 Å². The molecule has 4 heteroatoms. The average molecular weight is 198 g/mol. The molecule has 0 heterocycles. The molecule has 1 amide bonds. The lowest BCUT2D eigenvalue weighted by Gasteiger charge is -2.13. The average Bonchev–Trinajstić information content (AvgIpc) is 2.15. The van der Waals surface area contributed by atoms with Crippen LogP contribution in [0.2, 0.25) is 0 Å². The SMILES string of the molecule is C#CCNCC(=O)NC(C)COCC. The minimum Gasteiger partial charge on any atom is -0.380 e. The number of hydrogen-bond donors (Lipinski definition) is 2. The summed E-state index contributed by atoms with van der Waals surface area (Å²) in [7, 11) is 0. The largest absolute Gasteiger partial charge is 0.380 e. The first kappa shape index (κ1) is 12.9. The second-order valence-corrected chi connectivity index (χ2v) is 2.94. The van der Waals surface area contributed by atoms with Crippen molar-refractivity contribution in [2.75, 3.05) is 26.3 Å². The van der Waals surface area contributed by atoms with Gasteiger partial charge < -0.3 is 10.1 Å². The number of carbonyl (C=O) groups excluding carboxylic acids is 1. The summed E-state index contributed by atoms with van der Waals surface area (Å²) in [5.74, 6) is 2.33. The second kappa shape index (κ2) is 8.54. The molecular formula is C10H18N2O2. The highest BCUT2D eigenvalue weighted by atomic mass is 16.5. The first-order valence-electron chi connectivity index (χ1n) is 4.72. The number of amides is 1. The molecule has 0 aliphatic carbocycles. The lowest BCUT2D eigenvalue weighted by molar-refractivity contribution is -0.121. The maximum absolute atomic E-state index is 11.2. The van der Waals surface area contributed by atoms with Crippen LogP contribution in [0.4, 0.5) is 0 Å². The highest BCUT2D eigenvalue weighted by Crippen LogP contribution is 1.83. The van der Waals surface area contributed by atoms with Crippen molar-refractivity contribution in [3.63, 3.8) is 0 Å². The predicted octanol–water partition coefficient (Wildman–Crippen LogP) is -0.250. The van der Waals surface area contributed by atoms with Gasteiger partial charge in [-0.1, -0.05) is 5.92 Å². The van der Waals surface area contributed by atoms with Crippen LogP contribution in [0, 0.1) is 12.3 Å². The summed E-state index contributed by atoms with van der Waals surface area (Å²) in [6.45, 7) is 5.68. The van der Waals surface area contributed by atoms with Crippen LogP contribution in [0.5, 0.6) is 0 Å². The summed E-state index contributed by atoms with van der Waals surface area (Å²) in [6, 6.07) is 0.0371. The first-order chi connectivity index (χ1) is 6.70. The molecule has 1 atom stereocenters. The Balaban J connectivity index is 3.46. The summed E-state index contributed by atoms with van der Waals surface area (Å²) >= 11 is 0. The number of nitrogens with one attached hydrogen (secondary N) is 2. The maximum atomic E-state index is 11.2. The third-order valence-corrected chi connectivity index (χ3v) is 1.49. The Hall–Kier alpha value is -1.05. The molecule has 0 radical (unpaired) electrons. The molecular weight excluding hydrogens is 180 g/mol. The van der Waals surface area contributed by atoms with Gasteiger partial charge in [-0.25, -0.2) is 0 Å². The molecule has 0 saturated heterocycles. The molecule has 1 unspecified atom stereocenters. The van der Waals surface area contributed by atoms with Crippen molar-refractivity contribution in [2.45, 2.75) is 19.9 Å². The quantitative estimate of drug-likeness (QED) is 0.438. The highest BCUT2D eigenvalue weighted by molar-refractivity contribution is 5.78. The Kier molecular flexibility index (Phi) is 7.90. The minimum atomic E-state index is -0.0625. The van der Waals surface area contributed by atoms with Crippen molar-refractivity contribution < 1.29 is 9.53 Å². The van der Waals surface area contributed by atoms with Crippen molar-refractivity contribution in [3.05, 3.63) is 0 Å². The van der Waals surface area contributed by atoms with Gasteiger partial charge in [0, 0.05) is 12.6 Å². The number of carbonyl (C=O) groups is 1. The van der Waals surface area contributed by atoms with Crippen LogP contribution in [0.15, 0.2) is 0 Å². The van der Waals surface area contributed by atoms with E-state index in [2.05, 4.69) is 16.6 Å². The molecule has 2 N–H and O–H groups in total. The van der Waals surface area contributed by atoms with Gasteiger partial charge in [0.15, 0.2) is 0 Å². The smallest absolute Gasteiger partial charge is 0.234 e. The van der Waals surface area contributed by atoms with E-state index < -0.39 is 0 Å². The Morgan fingerprint density at radius 2 is 2.36 bits per heavy atom. The molecule has 0 rings (SSSR count). The van der Waals surface area contributed by atoms with Gasteiger partial charge in [0.25, 0.3) is 0 Å². The van der Waals surface area contributed by atoms with E-state index in [9.17, 15) is 4.79 Å². The van der Waals surface area contributed by atoms with Gasteiger partial charge in [0.2, 0.25) is 5.91 Å². The molecule has 0 aliphatic rings. The molecule has 0 saturated carbocycles. The van der Waals surface area contributed by atoms with Gasteiger partial charge in [0.05, 0.1) is 19.7 Å². The molecule has 0 spiro atoms. The summed E-state index contributed by atoms with van der Waals surface area (Å²) in [4.78, 5) is 11.2. The Labute approximate surface area is 85.4 Å². The molecule has 0 aromatic carbocycles. The summed E-state index contributed by atoms with van der Waals surface area (Å²) in [5.41, 5.74) is 0. The van der Waals surface area contributed by atoms with Crippen molar-refractivity contribution in [3.8, 4) is 12.3 Å². The number of terminal acetylenes is 1. The number of ether oxygens (including phenoxy) is 1. The van der Waals surface area contributed by atoms with E-state index >= 15 is 0 Å². The van der Waals surface area contributed by atoms with Crippen molar-refractivity contribution in [2.24, 2.45) is 0 Å². The van der Waals surface area contributed by atoms with Crippen molar-refractivity contribution in [1.82, 2.24) is 10.6 Å². The monoisotopic (exact) mass is 198 g/mol. The van der Waals surface area contributed by atoms with Crippen molar-refractivity contribution in [1.29, 1.82) is 0 Å². The fourth-order valence-electron chi connectivity index (χ4n) is 0.910. The van der Waals surface area contributed by atoms with Gasteiger partial charge >= 0.3 is 0 Å². The van der Waals surface area contributed by atoms with E-state index in [1.807, 2.05) is 13.8 Å². The highest BCUT2D eigenvalue weighted by Gasteiger charge is 2.05. The van der Waals surface area contributed by atoms with Gasteiger partial charge in [-0.2, -0.15) is 0 Å². The Morgan fingerprint density at radius 3 is 2.93 bits per heavy atom. The van der Waals surface area contributed by atoms with Crippen LogP contribution in [-0.4, -0.2) is 38.3 Å². The van der Waals surface area contributed by atoms with E-state index in [0.29, 0.717) is 19.8 Å². The van der Waals surface area contributed by atoms with Gasteiger partial charge in [-0.3, -0.25) is 10.1 Å². The minimum absolute atomic E-state index is 0.0371. The molecule has 4 nitrogen and oxygen atoms in total. The fourth-order valence-corrected chi connectivity index (χ4v) is 0.910. The van der Waals surface area contributed by atoms with E-state index in [1.165, 1.54) is 0 Å². The van der Waals surface area contributed by atoms with E-state index in [0.717, 1.165) is 0 Å². The summed E-state index contributed by atoms with van der Waals surface area (Å²) < 4.78 is 5.15. The van der Waals surface area contributed by atoms with Crippen LogP contribution in [0.1, 0.15) is 13.8 Å². The standard InChI is InChI=1S/C10H18N2O2/c1-4-6-11-7-10(13)12-9(3)8-14-5-2/h1,9,11H,5-8H2,2-3H3,(H,12,13). The number of hydrogen-bond acceptors (Lipinski definition) is 3. The molecule has 0 fully saturated rings. The van der Waals surface area contributed by atoms with Crippen LogP contribution < -0.4 is 10.6 Å². The first-order valence-corrected chi connectivity index (χ1v) is 4.72. The van der Waals surface area contributed by atoms with E-state index in [4.69, 9.17) is 11.2 Å². The zero-order valence-corrected chi connectivity index (χ0v) is 8.80. The lowest BCUT2D eigenvalue weighted by atomic mass is 10.3. The summed E-state index contributed by atoms with van der Waals surface area (Å²) in [5, 5.41) is 5.59. The van der Waals surface area contributed by atoms with Crippen LogP contribution in [0.25, 0.3) is 0 Å². The van der Waals surface area contributed by atoms with E-state index in [1.54, 1.807) is 0 Å². The van der Waals surface area contributed by atoms with Crippen LogP contribution >= 0.6 is 0 Å². The lowest BCUT2D eigenvalue weighted by Crippen LogP contribution is -2.41. The maximum Gasteiger partial charge on any atom is 0.234 e. The third kappa shape index (κ3) is 7.59.